The van der Waals surface area contributed by atoms with Crippen LogP contribution in [0.25, 0.3) is 11.3 Å². The van der Waals surface area contributed by atoms with Crippen LogP contribution in [0.2, 0.25) is 0 Å². The number of thiazole rings is 1. The molecule has 10 heteroatoms. The monoisotopic (exact) mass is 470 g/mol. The van der Waals surface area contributed by atoms with E-state index in [1.54, 1.807) is 37.6 Å². The molecule has 1 N–H and O–H groups in total. The van der Waals surface area contributed by atoms with Gasteiger partial charge in [-0.3, -0.25) is 14.6 Å². The largest absolute Gasteiger partial charge is 0.352 e. The summed E-state index contributed by atoms with van der Waals surface area (Å²) in [5, 5.41) is 5.78. The van der Waals surface area contributed by atoms with Crippen LogP contribution in [-0.2, 0) is 16.4 Å². The smallest absolute Gasteiger partial charge is 0.269 e. The van der Waals surface area contributed by atoms with Gasteiger partial charge in [0.2, 0.25) is 0 Å². The molecule has 1 aliphatic rings. The molecule has 0 unspecified atom stereocenters. The molecular weight excluding hydrogens is 448 g/mol. The second-order valence-electron chi connectivity index (χ2n) is 7.63. The van der Waals surface area contributed by atoms with Gasteiger partial charge in [-0.15, -0.1) is 11.3 Å². The van der Waals surface area contributed by atoms with Crippen molar-refractivity contribution in [1.29, 1.82) is 0 Å². The molecule has 3 heterocycles. The fourth-order valence-corrected chi connectivity index (χ4v) is 6.17. The molecule has 0 radical (unpaired) electrons. The zero-order chi connectivity index (χ0) is 22.9. The fraction of sp³-hybridized carbons (Fsp3) is 0.273. The average molecular weight is 471 g/mol. The maximum absolute atomic E-state index is 12.7. The van der Waals surface area contributed by atoms with Crippen LogP contribution in [0.5, 0.6) is 0 Å². The lowest BCUT2D eigenvalue weighted by molar-refractivity contribution is 0.0845. The topological polar surface area (TPSA) is 109 Å². The third-order valence-corrected chi connectivity index (χ3v) is 7.97. The number of rotatable bonds is 7. The Hall–Kier alpha value is -3.11. The van der Waals surface area contributed by atoms with E-state index >= 15 is 0 Å². The number of benzene rings is 1. The summed E-state index contributed by atoms with van der Waals surface area (Å²) in [6, 6.07) is 7.48. The van der Waals surface area contributed by atoms with E-state index in [9.17, 15) is 18.0 Å². The molecule has 8 nitrogen and oxygen atoms in total. The molecule has 0 fully saturated rings. The number of amides is 2. The zero-order valence-corrected chi connectivity index (χ0v) is 19.2. The third kappa shape index (κ3) is 4.15. The average Bonchev–Trinajstić information content (AvgIpc) is 3.32. The molecular formula is C22H22N4O4S2. The fourth-order valence-electron chi connectivity index (χ4n) is 3.52. The van der Waals surface area contributed by atoms with E-state index in [4.69, 9.17) is 0 Å². The van der Waals surface area contributed by atoms with Crippen LogP contribution in [0, 0.1) is 0 Å². The Morgan fingerprint density at radius 1 is 1.19 bits per heavy atom. The van der Waals surface area contributed by atoms with E-state index in [1.165, 1.54) is 18.2 Å². The highest BCUT2D eigenvalue weighted by molar-refractivity contribution is 7.90. The van der Waals surface area contributed by atoms with Crippen molar-refractivity contribution in [3.05, 3.63) is 64.2 Å². The summed E-state index contributed by atoms with van der Waals surface area (Å²) in [6.45, 7) is 3.69. The summed E-state index contributed by atoms with van der Waals surface area (Å²) >= 11 is 1.57. The SMILES string of the molecule is CC(C)N1C(=O)c2ccc(C(=O)NCCCc3nc(-c4ccncc4)cs3)cc2S1(=O)=O. The summed E-state index contributed by atoms with van der Waals surface area (Å²) < 4.78 is 26.2. The Labute approximate surface area is 190 Å². The molecule has 0 spiro atoms. The van der Waals surface area contributed by atoms with Gasteiger partial charge in [0.1, 0.15) is 4.90 Å². The van der Waals surface area contributed by atoms with E-state index in [0.29, 0.717) is 19.4 Å². The standard InChI is InChI=1S/C22H22N4O4S2/c1-14(2)26-22(28)17-6-5-16(12-19(17)32(26,29)30)21(27)24-9-3-4-20-25-18(13-31-20)15-7-10-23-11-8-15/h5-8,10-14H,3-4,9H2,1-2H3,(H,24,27). The van der Waals surface area contributed by atoms with Gasteiger partial charge >= 0.3 is 0 Å². The van der Waals surface area contributed by atoms with Crippen molar-refractivity contribution >= 4 is 33.2 Å². The van der Waals surface area contributed by atoms with E-state index in [0.717, 1.165) is 20.6 Å². The van der Waals surface area contributed by atoms with Gasteiger partial charge in [-0.2, -0.15) is 0 Å². The van der Waals surface area contributed by atoms with Crippen LogP contribution in [0.3, 0.4) is 0 Å². The second-order valence-corrected chi connectivity index (χ2v) is 10.4. The first-order chi connectivity index (χ1) is 15.3. The van der Waals surface area contributed by atoms with E-state index in [2.05, 4.69) is 15.3 Å². The Kier molecular flexibility index (Phi) is 6.07. The lowest BCUT2D eigenvalue weighted by Crippen LogP contribution is -2.36. The summed E-state index contributed by atoms with van der Waals surface area (Å²) in [7, 11) is -3.94. The first-order valence-corrected chi connectivity index (χ1v) is 12.5. The highest BCUT2D eigenvalue weighted by Crippen LogP contribution is 2.32. The molecule has 2 amide bonds. The Balaban J connectivity index is 1.36. The molecule has 0 saturated carbocycles. The predicted octanol–water partition coefficient (Wildman–Crippen LogP) is 3.12. The highest BCUT2D eigenvalue weighted by atomic mass is 32.2. The summed E-state index contributed by atoms with van der Waals surface area (Å²) in [6.07, 6.45) is 4.86. The van der Waals surface area contributed by atoms with Crippen molar-refractivity contribution in [2.75, 3.05) is 6.54 Å². The number of aryl methyl sites for hydroxylation is 1. The number of carbonyl (C=O) groups is 2. The van der Waals surface area contributed by atoms with Gasteiger partial charge in [-0.05, 0) is 50.6 Å². The number of nitrogens with one attached hydrogen (secondary N) is 1. The number of carbonyl (C=O) groups excluding carboxylic acids is 2. The number of sulfonamides is 1. The summed E-state index contributed by atoms with van der Waals surface area (Å²) in [5.41, 5.74) is 2.22. The number of hydrogen-bond acceptors (Lipinski definition) is 7. The van der Waals surface area contributed by atoms with E-state index in [1.807, 2.05) is 17.5 Å². The molecule has 1 aliphatic heterocycles. The number of aromatic nitrogens is 2. The van der Waals surface area contributed by atoms with Gasteiger partial charge in [0.05, 0.1) is 16.3 Å². The van der Waals surface area contributed by atoms with Crippen molar-refractivity contribution < 1.29 is 18.0 Å². The zero-order valence-electron chi connectivity index (χ0n) is 17.6. The first-order valence-electron chi connectivity index (χ1n) is 10.1. The molecule has 0 atom stereocenters. The highest BCUT2D eigenvalue weighted by Gasteiger charge is 2.42. The molecule has 0 aliphatic carbocycles. The van der Waals surface area contributed by atoms with E-state index < -0.39 is 22.0 Å². The van der Waals surface area contributed by atoms with Crippen LogP contribution in [0.15, 0.2) is 53.0 Å². The normalized spacial score (nSPS) is 14.6. The Bertz CT molecular complexity index is 1270. The van der Waals surface area contributed by atoms with Crippen LogP contribution in [-0.4, -0.2) is 47.1 Å². The molecule has 0 bridgehead atoms. The minimum absolute atomic E-state index is 0.101. The van der Waals surface area contributed by atoms with Gasteiger partial charge < -0.3 is 5.32 Å². The molecule has 0 saturated heterocycles. The maximum Gasteiger partial charge on any atom is 0.269 e. The molecule has 3 aromatic rings. The van der Waals surface area contributed by atoms with Gasteiger partial charge in [0.15, 0.2) is 0 Å². The summed E-state index contributed by atoms with van der Waals surface area (Å²) in [5.74, 6) is -0.938. The number of fused-ring (bicyclic) bond motifs is 1. The third-order valence-electron chi connectivity index (χ3n) is 5.06. The molecule has 4 rings (SSSR count). The minimum Gasteiger partial charge on any atom is -0.352 e. The van der Waals surface area contributed by atoms with Gasteiger partial charge in [-0.25, -0.2) is 17.7 Å². The lowest BCUT2D eigenvalue weighted by Gasteiger charge is -2.18. The molecule has 2 aromatic heterocycles. The quantitative estimate of drug-likeness (QED) is 0.532. The molecule has 1 aromatic carbocycles. The number of nitrogens with zero attached hydrogens (tertiary/aromatic N) is 3. The second kappa shape index (κ2) is 8.79. The van der Waals surface area contributed by atoms with Gasteiger partial charge in [0, 0.05) is 47.9 Å². The first kappa shape index (κ1) is 22.1. The van der Waals surface area contributed by atoms with Crippen LogP contribution < -0.4 is 5.32 Å². The van der Waals surface area contributed by atoms with Gasteiger partial charge in [-0.1, -0.05) is 0 Å². The van der Waals surface area contributed by atoms with Crippen molar-refractivity contribution in [1.82, 2.24) is 19.6 Å². The van der Waals surface area contributed by atoms with Gasteiger partial charge in [0.25, 0.3) is 21.8 Å². The Morgan fingerprint density at radius 2 is 1.94 bits per heavy atom. The predicted molar refractivity (Wildman–Crippen MR) is 121 cm³/mol. The lowest BCUT2D eigenvalue weighted by atomic mass is 10.1. The number of pyridine rings is 1. The molecule has 32 heavy (non-hydrogen) atoms. The minimum atomic E-state index is -3.94. The molecule has 166 valence electrons. The van der Waals surface area contributed by atoms with Crippen LogP contribution >= 0.6 is 11.3 Å². The van der Waals surface area contributed by atoms with Crippen molar-refractivity contribution in [3.63, 3.8) is 0 Å². The van der Waals surface area contributed by atoms with Crippen LogP contribution in [0.4, 0.5) is 0 Å². The van der Waals surface area contributed by atoms with Crippen molar-refractivity contribution in [3.8, 4) is 11.3 Å². The summed E-state index contributed by atoms with van der Waals surface area (Å²) in [4.78, 5) is 33.4. The van der Waals surface area contributed by atoms with E-state index in [-0.39, 0.29) is 21.9 Å². The maximum atomic E-state index is 12.7. The van der Waals surface area contributed by atoms with Crippen molar-refractivity contribution in [2.24, 2.45) is 0 Å². The number of hydrogen-bond donors (Lipinski definition) is 1. The Morgan fingerprint density at radius 3 is 2.66 bits per heavy atom. The van der Waals surface area contributed by atoms with Crippen LogP contribution in [0.1, 0.15) is 46.0 Å². The van der Waals surface area contributed by atoms with Crippen molar-refractivity contribution in [2.45, 2.75) is 37.6 Å².